The monoisotopic (exact) mass is 369 g/mol. The van der Waals surface area contributed by atoms with Gasteiger partial charge in [-0.1, -0.05) is 35.5 Å². The Morgan fingerprint density at radius 1 is 1.15 bits per heavy atom. The predicted molar refractivity (Wildman–Crippen MR) is 103 cm³/mol. The summed E-state index contributed by atoms with van der Waals surface area (Å²) >= 11 is 1.39. The normalized spacial score (nSPS) is 11.1. The van der Waals surface area contributed by atoms with Crippen LogP contribution in [0.3, 0.4) is 0 Å². The lowest BCUT2D eigenvalue weighted by molar-refractivity contribution is -0.127. The van der Waals surface area contributed by atoms with E-state index in [1.165, 1.54) is 28.5 Å². The van der Waals surface area contributed by atoms with Crippen LogP contribution in [0.2, 0.25) is 0 Å². The first-order chi connectivity index (χ1) is 12.3. The molecule has 0 unspecified atom stereocenters. The van der Waals surface area contributed by atoms with E-state index in [1.54, 1.807) is 4.90 Å². The second-order valence-electron chi connectivity index (χ2n) is 6.63. The largest absolute Gasteiger partial charge is 0.341 e. The number of fused-ring (bicyclic) bond motifs is 1. The van der Waals surface area contributed by atoms with Crippen molar-refractivity contribution in [2.24, 2.45) is 0 Å². The molecule has 0 bridgehead atoms. The summed E-state index contributed by atoms with van der Waals surface area (Å²) in [5, 5.41) is 8.98. The molecule has 0 aliphatic rings. The Morgan fingerprint density at radius 2 is 1.92 bits per heavy atom. The molecule has 0 radical (unpaired) electrons. The predicted octanol–water partition coefficient (Wildman–Crippen LogP) is 3.11. The number of aromatic nitrogens is 4. The fraction of sp³-hybridized carbons (Fsp3) is 0.368. The molecule has 1 amide bonds. The highest BCUT2D eigenvalue weighted by Gasteiger charge is 2.15. The molecule has 3 rings (SSSR count). The van der Waals surface area contributed by atoms with E-state index in [0.717, 1.165) is 11.4 Å². The molecule has 7 heteroatoms. The third kappa shape index (κ3) is 3.88. The number of thioether (sulfide) groups is 1. The van der Waals surface area contributed by atoms with Gasteiger partial charge in [-0.15, -0.1) is 10.2 Å². The number of aryl methyl sites for hydroxylation is 4. The SMILES string of the molecule is Cc1ccc(CN(C)C(=O)CSc2nnc3nc(C)cc(C)n23)c(C)c1. The van der Waals surface area contributed by atoms with Crippen LogP contribution < -0.4 is 0 Å². The van der Waals surface area contributed by atoms with Crippen molar-refractivity contribution in [3.8, 4) is 0 Å². The minimum atomic E-state index is 0.0597. The molecule has 26 heavy (non-hydrogen) atoms. The quantitative estimate of drug-likeness (QED) is 0.647. The van der Waals surface area contributed by atoms with E-state index in [-0.39, 0.29) is 5.91 Å². The van der Waals surface area contributed by atoms with Crippen LogP contribution in [-0.4, -0.2) is 43.2 Å². The van der Waals surface area contributed by atoms with E-state index in [9.17, 15) is 4.79 Å². The van der Waals surface area contributed by atoms with Crippen LogP contribution in [0.25, 0.3) is 5.78 Å². The van der Waals surface area contributed by atoms with Gasteiger partial charge in [0.05, 0.1) is 5.75 Å². The van der Waals surface area contributed by atoms with Gasteiger partial charge in [0.15, 0.2) is 5.16 Å². The van der Waals surface area contributed by atoms with Crippen LogP contribution in [0.5, 0.6) is 0 Å². The first kappa shape index (κ1) is 18.4. The fourth-order valence-corrected chi connectivity index (χ4v) is 3.82. The standard InChI is InChI=1S/C19H23N5OS/c1-12-6-7-16(13(2)8-12)10-23(5)17(25)11-26-19-22-21-18-20-14(3)9-15(4)24(18)19/h6-9H,10-11H2,1-5H3. The Morgan fingerprint density at radius 3 is 2.65 bits per heavy atom. The Bertz CT molecular complexity index is 966. The molecule has 0 N–H and O–H groups in total. The van der Waals surface area contributed by atoms with Crippen molar-refractivity contribution in [3.05, 3.63) is 52.3 Å². The number of amides is 1. The molecule has 0 atom stereocenters. The van der Waals surface area contributed by atoms with Gasteiger partial charge in [0.2, 0.25) is 5.91 Å². The van der Waals surface area contributed by atoms with Crippen molar-refractivity contribution in [1.82, 2.24) is 24.5 Å². The zero-order valence-electron chi connectivity index (χ0n) is 15.8. The van der Waals surface area contributed by atoms with Gasteiger partial charge in [-0.05, 0) is 44.9 Å². The fourth-order valence-electron chi connectivity index (χ4n) is 2.90. The maximum Gasteiger partial charge on any atom is 0.256 e. The summed E-state index contributed by atoms with van der Waals surface area (Å²) in [6, 6.07) is 8.29. The summed E-state index contributed by atoms with van der Waals surface area (Å²) in [6.45, 7) is 8.67. The van der Waals surface area contributed by atoms with E-state index in [1.807, 2.05) is 31.4 Å². The first-order valence-electron chi connectivity index (χ1n) is 8.47. The van der Waals surface area contributed by atoms with Gasteiger partial charge >= 0.3 is 0 Å². The van der Waals surface area contributed by atoms with Gasteiger partial charge in [-0.2, -0.15) is 0 Å². The first-order valence-corrected chi connectivity index (χ1v) is 9.46. The lowest BCUT2D eigenvalue weighted by Crippen LogP contribution is -2.28. The summed E-state index contributed by atoms with van der Waals surface area (Å²) in [5.41, 5.74) is 5.52. The molecular formula is C19H23N5OS. The number of benzene rings is 1. The van der Waals surface area contributed by atoms with Crippen LogP contribution in [0.1, 0.15) is 28.1 Å². The minimum absolute atomic E-state index is 0.0597. The minimum Gasteiger partial charge on any atom is -0.341 e. The topological polar surface area (TPSA) is 63.4 Å². The number of hydrogen-bond donors (Lipinski definition) is 0. The van der Waals surface area contributed by atoms with Crippen molar-refractivity contribution in [2.45, 2.75) is 39.4 Å². The molecule has 6 nitrogen and oxygen atoms in total. The molecule has 0 aliphatic carbocycles. The molecule has 3 aromatic rings. The molecule has 2 heterocycles. The third-order valence-corrected chi connectivity index (χ3v) is 5.23. The highest BCUT2D eigenvalue weighted by atomic mass is 32.2. The maximum absolute atomic E-state index is 12.5. The van der Waals surface area contributed by atoms with Crippen molar-refractivity contribution < 1.29 is 4.79 Å². The molecule has 0 saturated heterocycles. The van der Waals surface area contributed by atoms with Crippen molar-refractivity contribution in [3.63, 3.8) is 0 Å². The molecule has 1 aromatic carbocycles. The van der Waals surface area contributed by atoms with Crippen LogP contribution >= 0.6 is 11.8 Å². The third-order valence-electron chi connectivity index (χ3n) is 4.32. The number of nitrogens with zero attached hydrogens (tertiary/aromatic N) is 5. The van der Waals surface area contributed by atoms with E-state index in [4.69, 9.17) is 0 Å². The second-order valence-corrected chi connectivity index (χ2v) is 7.57. The summed E-state index contributed by atoms with van der Waals surface area (Å²) in [5.74, 6) is 0.945. The Balaban J connectivity index is 1.67. The van der Waals surface area contributed by atoms with Gasteiger partial charge in [-0.25, -0.2) is 4.98 Å². The van der Waals surface area contributed by atoms with Crippen LogP contribution in [0, 0.1) is 27.7 Å². The number of rotatable bonds is 5. The van der Waals surface area contributed by atoms with E-state index < -0.39 is 0 Å². The van der Waals surface area contributed by atoms with Crippen LogP contribution in [0.4, 0.5) is 0 Å². The van der Waals surface area contributed by atoms with Gasteiger partial charge in [0.1, 0.15) is 0 Å². The lowest BCUT2D eigenvalue weighted by Gasteiger charge is -2.18. The maximum atomic E-state index is 12.5. The van der Waals surface area contributed by atoms with Gasteiger partial charge < -0.3 is 4.90 Å². The lowest BCUT2D eigenvalue weighted by atomic mass is 10.1. The van der Waals surface area contributed by atoms with Crippen molar-refractivity contribution in [2.75, 3.05) is 12.8 Å². The summed E-state index contributed by atoms with van der Waals surface area (Å²) < 4.78 is 1.88. The van der Waals surface area contributed by atoms with Crippen molar-refractivity contribution >= 4 is 23.4 Å². The van der Waals surface area contributed by atoms with Crippen molar-refractivity contribution in [1.29, 1.82) is 0 Å². The molecular weight excluding hydrogens is 346 g/mol. The smallest absolute Gasteiger partial charge is 0.256 e. The zero-order valence-corrected chi connectivity index (χ0v) is 16.6. The molecule has 136 valence electrons. The van der Waals surface area contributed by atoms with Gasteiger partial charge in [0.25, 0.3) is 5.78 Å². The van der Waals surface area contributed by atoms with Gasteiger partial charge in [0, 0.05) is 25.0 Å². The molecule has 0 aliphatic heterocycles. The molecule has 0 spiro atoms. The van der Waals surface area contributed by atoms with E-state index >= 15 is 0 Å². The molecule has 0 saturated carbocycles. The molecule has 2 aromatic heterocycles. The number of hydrogen-bond acceptors (Lipinski definition) is 5. The Kier molecular flexibility index (Phi) is 5.27. The average Bonchev–Trinajstić information content (AvgIpc) is 2.98. The summed E-state index contributed by atoms with van der Waals surface area (Å²) in [4.78, 5) is 18.7. The molecule has 0 fully saturated rings. The van der Waals surface area contributed by atoms with E-state index in [2.05, 4.69) is 47.2 Å². The summed E-state index contributed by atoms with van der Waals surface area (Å²) in [7, 11) is 1.83. The van der Waals surface area contributed by atoms with Crippen LogP contribution in [0.15, 0.2) is 29.4 Å². The van der Waals surface area contributed by atoms with Gasteiger partial charge in [-0.3, -0.25) is 9.20 Å². The average molecular weight is 369 g/mol. The Labute approximate surface area is 157 Å². The Hall–Kier alpha value is -2.41. The highest BCUT2D eigenvalue weighted by molar-refractivity contribution is 7.99. The number of carbonyl (C=O) groups excluding carboxylic acids is 1. The highest BCUT2D eigenvalue weighted by Crippen LogP contribution is 2.19. The zero-order chi connectivity index (χ0) is 18.8. The second kappa shape index (κ2) is 7.45. The number of carbonyl (C=O) groups is 1. The van der Waals surface area contributed by atoms with Crippen LogP contribution in [-0.2, 0) is 11.3 Å². The van der Waals surface area contributed by atoms with E-state index in [0.29, 0.717) is 23.2 Å². The summed E-state index contributed by atoms with van der Waals surface area (Å²) in [6.07, 6.45) is 0.